The molecule has 1 aromatic rings. The highest BCUT2D eigenvalue weighted by Gasteiger charge is 2.34. The number of unbranched alkanes of at least 4 members (excludes halogenated alkanes) is 2. The van der Waals surface area contributed by atoms with E-state index in [2.05, 4.69) is 81.5 Å². The van der Waals surface area contributed by atoms with E-state index in [1.54, 1.807) is 23.9 Å². The minimum atomic E-state index is -0.560. The first-order valence-electron chi connectivity index (χ1n) is 15.4. The number of Topliss-reactive ketones (excluding diaryl/α,β-unsaturated/α-hetero) is 1. The van der Waals surface area contributed by atoms with E-state index in [1.807, 2.05) is 0 Å². The number of ketones is 1. The molecule has 5 heteroatoms. The molecule has 4 nitrogen and oxygen atoms in total. The first-order chi connectivity index (χ1) is 20.0. The van der Waals surface area contributed by atoms with Crippen molar-refractivity contribution in [1.82, 2.24) is 0 Å². The number of ether oxygens (including phenoxy) is 1. The van der Waals surface area contributed by atoms with Crippen molar-refractivity contribution in [2.45, 2.75) is 103 Å². The maximum atomic E-state index is 13.1. The Balaban J connectivity index is 2.19. The van der Waals surface area contributed by atoms with E-state index in [0.29, 0.717) is 12.8 Å². The van der Waals surface area contributed by atoms with Gasteiger partial charge < -0.3 is 9.84 Å². The fourth-order valence-corrected chi connectivity index (χ4v) is 5.69. The largest absolute Gasteiger partial charge is 0.507 e. The summed E-state index contributed by atoms with van der Waals surface area (Å²) in [5.41, 5.74) is 0.149. The summed E-state index contributed by atoms with van der Waals surface area (Å²) in [4.78, 5) is 25.2. The molecule has 1 rings (SSSR count). The number of aromatic hydroxyl groups is 1. The number of carbonyl (C=O) groups excluding carboxylic acids is 2. The third kappa shape index (κ3) is 16.3. The van der Waals surface area contributed by atoms with Gasteiger partial charge in [0.15, 0.2) is 0 Å². The molecule has 0 atom stereocenters. The number of benzene rings is 1. The Labute approximate surface area is 253 Å². The zero-order valence-electron chi connectivity index (χ0n) is 25.6. The van der Waals surface area contributed by atoms with Gasteiger partial charge in [-0.05, 0) is 88.5 Å². The van der Waals surface area contributed by atoms with E-state index in [4.69, 9.17) is 4.74 Å². The number of esters is 1. The molecule has 0 aliphatic rings. The first-order valence-corrected chi connectivity index (χ1v) is 16.4. The number of allylic oxidation sites excluding steroid dienone is 10. The topological polar surface area (TPSA) is 63.6 Å². The smallest absolute Gasteiger partial charge is 0.341 e. The van der Waals surface area contributed by atoms with Crippen molar-refractivity contribution >= 4 is 23.5 Å². The van der Waals surface area contributed by atoms with E-state index in [0.717, 1.165) is 70.0 Å². The highest BCUT2D eigenvalue weighted by molar-refractivity contribution is 8.01. The van der Waals surface area contributed by atoms with Crippen LogP contribution in [-0.4, -0.2) is 34.0 Å². The van der Waals surface area contributed by atoms with Crippen molar-refractivity contribution in [1.29, 1.82) is 0 Å². The van der Waals surface area contributed by atoms with Crippen LogP contribution in [0.15, 0.2) is 85.0 Å². The Morgan fingerprint density at radius 1 is 0.780 bits per heavy atom. The van der Waals surface area contributed by atoms with E-state index < -0.39 is 5.97 Å². The van der Waals surface area contributed by atoms with Crippen LogP contribution in [-0.2, 0) is 9.53 Å². The highest BCUT2D eigenvalue weighted by Crippen LogP contribution is 2.35. The molecule has 0 heterocycles. The van der Waals surface area contributed by atoms with E-state index in [1.165, 1.54) is 12.1 Å². The van der Waals surface area contributed by atoms with Crippen LogP contribution in [0.25, 0.3) is 0 Å². The lowest BCUT2D eigenvalue weighted by Crippen LogP contribution is -2.34. The average molecular weight is 581 g/mol. The molecule has 0 unspecified atom stereocenters. The summed E-state index contributed by atoms with van der Waals surface area (Å²) in [5.74, 6) is 0.557. The van der Waals surface area contributed by atoms with Crippen LogP contribution >= 0.6 is 11.8 Å². The third-order valence-electron chi connectivity index (χ3n) is 6.86. The quantitative estimate of drug-likeness (QED) is 0.0792. The molecule has 0 aliphatic heterocycles. The lowest BCUT2D eigenvalue weighted by Gasteiger charge is -2.29. The molecule has 0 bridgehead atoms. The Morgan fingerprint density at radius 2 is 1.34 bits per heavy atom. The number of phenolic OH excluding ortho intramolecular Hbond substituents is 1. The second-order valence-electron chi connectivity index (χ2n) is 9.93. The van der Waals surface area contributed by atoms with Gasteiger partial charge in [0.2, 0.25) is 0 Å². The van der Waals surface area contributed by atoms with Crippen molar-refractivity contribution in [3.05, 3.63) is 90.6 Å². The van der Waals surface area contributed by atoms with Crippen LogP contribution in [0, 0.1) is 0 Å². The van der Waals surface area contributed by atoms with E-state index in [-0.39, 0.29) is 28.5 Å². The second-order valence-corrected chi connectivity index (χ2v) is 11.4. The van der Waals surface area contributed by atoms with Gasteiger partial charge in [-0.3, -0.25) is 4.79 Å². The Bertz CT molecular complexity index is 999. The standard InChI is InChI=1S/C36H52O4S/c1-4-7-8-9-10-11-12-13-14-15-16-17-18-19-20-21-22-25-31-41-36(5-2,6-3)34(38)29-26-30-40-35(39)32-27-23-24-28-33(32)37/h7-8,10-11,13-14,16-17,19-20,23-24,27-28,37H,4-6,9,12,15,18,21-22,25-26,29-31H2,1-3H3/b8-7-,11-10-,14-13-,17-16-,20-19-. The molecule has 0 aromatic heterocycles. The lowest BCUT2D eigenvalue weighted by molar-refractivity contribution is -0.121. The molecule has 0 saturated carbocycles. The molecule has 1 aromatic carbocycles. The molecule has 0 radical (unpaired) electrons. The number of carbonyl (C=O) groups is 2. The molecule has 0 aliphatic carbocycles. The number of phenols is 1. The Kier molecular flexibility index (Phi) is 21.1. The summed E-state index contributed by atoms with van der Waals surface area (Å²) in [6.45, 7) is 6.49. The van der Waals surface area contributed by atoms with Gasteiger partial charge >= 0.3 is 5.97 Å². The van der Waals surface area contributed by atoms with Crippen molar-refractivity contribution < 1.29 is 19.4 Å². The van der Waals surface area contributed by atoms with Crippen LogP contribution in [0.1, 0.15) is 108 Å². The monoisotopic (exact) mass is 580 g/mol. The Hall–Kier alpha value is -2.79. The van der Waals surface area contributed by atoms with E-state index >= 15 is 0 Å². The number of hydrogen-bond donors (Lipinski definition) is 1. The summed E-state index contributed by atoms with van der Waals surface area (Å²) in [5, 5.41) is 9.78. The lowest BCUT2D eigenvalue weighted by atomic mass is 9.94. The average Bonchev–Trinajstić information content (AvgIpc) is 2.98. The van der Waals surface area contributed by atoms with Crippen LogP contribution in [0.5, 0.6) is 5.75 Å². The predicted molar refractivity (Wildman–Crippen MR) is 177 cm³/mol. The highest BCUT2D eigenvalue weighted by atomic mass is 32.2. The summed E-state index contributed by atoms with van der Waals surface area (Å²) >= 11 is 1.79. The molecule has 41 heavy (non-hydrogen) atoms. The third-order valence-corrected chi connectivity index (χ3v) is 8.71. The first kappa shape index (κ1) is 36.2. The molecule has 1 N–H and O–H groups in total. The van der Waals surface area contributed by atoms with Gasteiger partial charge in [-0.1, -0.05) is 93.7 Å². The van der Waals surface area contributed by atoms with Gasteiger partial charge in [-0.25, -0.2) is 4.79 Å². The SMILES string of the molecule is CC/C=C\C/C=C\C/C=C\C/C=C\C/C=C\CCCCSC(CC)(CC)C(=O)CCCOC(=O)c1ccccc1O. The minimum absolute atomic E-state index is 0.0951. The maximum absolute atomic E-state index is 13.1. The molecular weight excluding hydrogens is 528 g/mol. The number of thioether (sulfide) groups is 1. The van der Waals surface area contributed by atoms with Crippen molar-refractivity contribution in [3.8, 4) is 5.75 Å². The molecule has 0 saturated heterocycles. The van der Waals surface area contributed by atoms with Gasteiger partial charge in [0, 0.05) is 6.42 Å². The second kappa shape index (κ2) is 23.9. The summed E-state index contributed by atoms with van der Waals surface area (Å²) in [6.07, 6.45) is 33.0. The summed E-state index contributed by atoms with van der Waals surface area (Å²) in [6, 6.07) is 6.32. The van der Waals surface area contributed by atoms with Crippen molar-refractivity contribution in [3.63, 3.8) is 0 Å². The normalized spacial score (nSPS) is 12.6. The van der Waals surface area contributed by atoms with Crippen LogP contribution < -0.4 is 0 Å². The zero-order valence-corrected chi connectivity index (χ0v) is 26.4. The van der Waals surface area contributed by atoms with Gasteiger partial charge in [-0.15, -0.1) is 11.8 Å². The molecule has 226 valence electrons. The minimum Gasteiger partial charge on any atom is -0.507 e. The van der Waals surface area contributed by atoms with Gasteiger partial charge in [0.1, 0.15) is 17.1 Å². The molecule has 0 spiro atoms. The van der Waals surface area contributed by atoms with E-state index in [9.17, 15) is 14.7 Å². The fraction of sp³-hybridized carbons (Fsp3) is 0.500. The number of para-hydroxylation sites is 1. The van der Waals surface area contributed by atoms with Gasteiger partial charge in [0.05, 0.1) is 11.4 Å². The maximum Gasteiger partial charge on any atom is 0.341 e. The molecule has 0 fully saturated rings. The molecular formula is C36H52O4S. The van der Waals surface area contributed by atoms with Crippen molar-refractivity contribution in [2.75, 3.05) is 12.4 Å². The van der Waals surface area contributed by atoms with Gasteiger partial charge in [0.25, 0.3) is 0 Å². The number of rotatable bonds is 23. The fourth-order valence-electron chi connectivity index (χ4n) is 4.28. The number of hydrogen-bond acceptors (Lipinski definition) is 5. The van der Waals surface area contributed by atoms with Gasteiger partial charge in [-0.2, -0.15) is 0 Å². The van der Waals surface area contributed by atoms with Crippen LogP contribution in [0.3, 0.4) is 0 Å². The van der Waals surface area contributed by atoms with Crippen molar-refractivity contribution in [2.24, 2.45) is 0 Å². The molecule has 0 amide bonds. The summed E-state index contributed by atoms with van der Waals surface area (Å²) < 4.78 is 4.90. The summed E-state index contributed by atoms with van der Waals surface area (Å²) in [7, 11) is 0. The zero-order chi connectivity index (χ0) is 30.0. The Morgan fingerprint density at radius 3 is 1.90 bits per heavy atom. The predicted octanol–water partition coefficient (Wildman–Crippen LogP) is 10.1. The van der Waals surface area contributed by atoms with Crippen LogP contribution in [0.4, 0.5) is 0 Å². The van der Waals surface area contributed by atoms with Crippen LogP contribution in [0.2, 0.25) is 0 Å².